The molecule has 0 aromatic heterocycles. The highest BCUT2D eigenvalue weighted by molar-refractivity contribution is 14.0. The first-order valence-corrected chi connectivity index (χ1v) is 10.7. The van der Waals surface area contributed by atoms with E-state index in [1.807, 2.05) is 4.90 Å². The van der Waals surface area contributed by atoms with Crippen molar-refractivity contribution >= 4 is 51.6 Å². The van der Waals surface area contributed by atoms with Crippen molar-refractivity contribution in [3.8, 4) is 0 Å². The minimum absolute atomic E-state index is 0. The summed E-state index contributed by atoms with van der Waals surface area (Å²) in [7, 11) is -2.24. The lowest BCUT2D eigenvalue weighted by molar-refractivity contribution is -0.385. The first-order chi connectivity index (χ1) is 13.7. The Bertz CT molecular complexity index is 879. The molecule has 11 nitrogen and oxygen atoms in total. The molecule has 13 heteroatoms. The lowest BCUT2D eigenvalue weighted by atomic mass is 9.95. The van der Waals surface area contributed by atoms with Crippen LogP contribution in [-0.4, -0.2) is 63.3 Å². The maximum Gasteiger partial charge on any atom is 0.270 e. The van der Waals surface area contributed by atoms with Gasteiger partial charge in [0.05, 0.1) is 9.82 Å². The van der Waals surface area contributed by atoms with E-state index < -0.39 is 14.9 Å². The van der Waals surface area contributed by atoms with Crippen LogP contribution in [0.25, 0.3) is 0 Å². The highest BCUT2D eigenvalue weighted by Gasteiger charge is 2.23. The van der Waals surface area contributed by atoms with Gasteiger partial charge in [-0.25, -0.2) is 13.1 Å². The second kappa shape index (κ2) is 12.0. The highest BCUT2D eigenvalue weighted by atomic mass is 127. The molecule has 1 heterocycles. The molecule has 1 unspecified atom stereocenters. The minimum Gasteiger partial charge on any atom is -0.370 e. The molecule has 0 radical (unpaired) electrons. The number of sulfonamides is 1. The molecular formula is C17H27IN6O5S. The van der Waals surface area contributed by atoms with Gasteiger partial charge >= 0.3 is 0 Å². The van der Waals surface area contributed by atoms with Crippen LogP contribution in [0.3, 0.4) is 0 Å². The average Bonchev–Trinajstić information content (AvgIpc) is 2.68. The summed E-state index contributed by atoms with van der Waals surface area (Å²) in [4.78, 5) is 27.4. The molecule has 1 amide bonds. The van der Waals surface area contributed by atoms with Gasteiger partial charge < -0.3 is 16.0 Å². The number of carbonyl (C=O) groups excluding carboxylic acids is 1. The number of hydrogen-bond donors (Lipinski definition) is 3. The Balaban J connectivity index is 0.00000450. The molecule has 0 aliphatic carbocycles. The van der Waals surface area contributed by atoms with Crippen LogP contribution in [0.5, 0.6) is 0 Å². The van der Waals surface area contributed by atoms with Crippen molar-refractivity contribution < 1.29 is 18.1 Å². The molecule has 0 bridgehead atoms. The fraction of sp³-hybridized carbons (Fsp3) is 0.529. The molecule has 1 saturated heterocycles. The summed E-state index contributed by atoms with van der Waals surface area (Å²) in [5.41, 5.74) is 4.99. The molecule has 168 valence electrons. The third-order valence-electron chi connectivity index (χ3n) is 4.56. The second-order valence-corrected chi connectivity index (χ2v) is 8.52. The quantitative estimate of drug-likeness (QED) is 0.106. The zero-order valence-electron chi connectivity index (χ0n) is 16.6. The van der Waals surface area contributed by atoms with E-state index >= 15 is 0 Å². The summed E-state index contributed by atoms with van der Waals surface area (Å²) in [5.74, 6) is 0.469. The number of primary amides is 1. The molecule has 1 aromatic rings. The molecule has 1 aliphatic rings. The molecule has 4 N–H and O–H groups in total. The number of nitrogens with one attached hydrogen (secondary N) is 2. The Morgan fingerprint density at radius 2 is 2.13 bits per heavy atom. The number of piperidine rings is 1. The van der Waals surface area contributed by atoms with Crippen LogP contribution in [0.15, 0.2) is 34.2 Å². The molecule has 1 atom stereocenters. The number of aliphatic imine (C=N–C) groups is 1. The summed E-state index contributed by atoms with van der Waals surface area (Å²) >= 11 is 0. The molecule has 0 spiro atoms. The Kier molecular flexibility index (Phi) is 10.4. The maximum absolute atomic E-state index is 12.3. The number of guanidine groups is 1. The number of halogens is 1. The van der Waals surface area contributed by atoms with Crippen molar-refractivity contribution in [1.29, 1.82) is 0 Å². The van der Waals surface area contributed by atoms with Crippen molar-refractivity contribution in [2.75, 3.05) is 33.2 Å². The van der Waals surface area contributed by atoms with Gasteiger partial charge in [0.15, 0.2) is 5.96 Å². The number of amides is 1. The molecule has 1 fully saturated rings. The predicted octanol–water partition coefficient (Wildman–Crippen LogP) is 0.654. The standard InChI is InChI=1S/C17H26N6O5S.HI/c1-19-17(22-9-3-4-13(12-22)10-16(18)24)20-7-8-21-29(27,28)15-6-2-5-14(11-15)23(25)26;/h2,5-6,11,13,21H,3-4,7-10,12H2,1H3,(H2,18,24)(H,19,20);1H. The smallest absolute Gasteiger partial charge is 0.270 e. The van der Waals surface area contributed by atoms with Gasteiger partial charge in [-0.3, -0.25) is 19.9 Å². The monoisotopic (exact) mass is 554 g/mol. The normalized spacial score (nSPS) is 17.2. The second-order valence-electron chi connectivity index (χ2n) is 6.75. The third-order valence-corrected chi connectivity index (χ3v) is 6.02. The van der Waals surface area contributed by atoms with Crippen molar-refractivity contribution in [2.45, 2.75) is 24.2 Å². The van der Waals surface area contributed by atoms with Gasteiger partial charge in [-0.05, 0) is 24.8 Å². The number of nitrogens with zero attached hydrogens (tertiary/aromatic N) is 3. The zero-order valence-corrected chi connectivity index (χ0v) is 19.8. The van der Waals surface area contributed by atoms with E-state index in [0.29, 0.717) is 18.9 Å². The number of hydrogen-bond acceptors (Lipinski definition) is 6. The van der Waals surface area contributed by atoms with E-state index in [4.69, 9.17) is 5.73 Å². The van der Waals surface area contributed by atoms with Crippen molar-refractivity contribution in [1.82, 2.24) is 14.9 Å². The van der Waals surface area contributed by atoms with Gasteiger partial charge in [0.25, 0.3) is 5.69 Å². The molecule has 1 aromatic carbocycles. The Hall–Kier alpha value is -2.00. The van der Waals surface area contributed by atoms with Crippen LogP contribution >= 0.6 is 24.0 Å². The summed E-state index contributed by atoms with van der Waals surface area (Å²) in [6, 6.07) is 4.87. The minimum atomic E-state index is -3.87. The maximum atomic E-state index is 12.3. The molecule has 1 aliphatic heterocycles. The third kappa shape index (κ3) is 7.68. The number of nitro benzene ring substituents is 1. The number of nitrogens with two attached hydrogens (primary N) is 1. The molecular weight excluding hydrogens is 527 g/mol. The number of nitro groups is 1. The van der Waals surface area contributed by atoms with Crippen LogP contribution in [0.2, 0.25) is 0 Å². The van der Waals surface area contributed by atoms with E-state index in [1.54, 1.807) is 7.05 Å². The van der Waals surface area contributed by atoms with E-state index in [9.17, 15) is 23.3 Å². The van der Waals surface area contributed by atoms with E-state index in [-0.39, 0.29) is 59.5 Å². The van der Waals surface area contributed by atoms with Crippen LogP contribution in [0, 0.1) is 16.0 Å². The lowest BCUT2D eigenvalue weighted by Crippen LogP contribution is -2.48. The zero-order chi connectivity index (χ0) is 21.4. The fourth-order valence-electron chi connectivity index (χ4n) is 3.25. The van der Waals surface area contributed by atoms with Crippen molar-refractivity contribution in [3.05, 3.63) is 34.4 Å². The Morgan fingerprint density at radius 3 is 2.77 bits per heavy atom. The Labute approximate surface area is 192 Å². The first-order valence-electron chi connectivity index (χ1n) is 9.21. The van der Waals surface area contributed by atoms with Crippen LogP contribution < -0.4 is 15.8 Å². The largest absolute Gasteiger partial charge is 0.370 e. The highest BCUT2D eigenvalue weighted by Crippen LogP contribution is 2.19. The molecule has 2 rings (SSSR count). The molecule has 0 saturated carbocycles. The summed E-state index contributed by atoms with van der Waals surface area (Å²) < 4.78 is 27.1. The summed E-state index contributed by atoms with van der Waals surface area (Å²) in [6.07, 6.45) is 2.17. The lowest BCUT2D eigenvalue weighted by Gasteiger charge is -2.34. The van der Waals surface area contributed by atoms with Gasteiger partial charge in [0.1, 0.15) is 0 Å². The number of carbonyl (C=O) groups is 1. The van der Waals surface area contributed by atoms with Gasteiger partial charge in [-0.1, -0.05) is 6.07 Å². The topological polar surface area (TPSA) is 160 Å². The van der Waals surface area contributed by atoms with Gasteiger partial charge in [-0.15, -0.1) is 24.0 Å². The predicted molar refractivity (Wildman–Crippen MR) is 123 cm³/mol. The van der Waals surface area contributed by atoms with Crippen LogP contribution in [-0.2, 0) is 14.8 Å². The number of non-ortho nitro benzene ring substituents is 1. The number of rotatable bonds is 8. The average molecular weight is 554 g/mol. The summed E-state index contributed by atoms with van der Waals surface area (Å²) in [6.45, 7) is 1.79. The van der Waals surface area contributed by atoms with E-state index in [0.717, 1.165) is 25.5 Å². The van der Waals surface area contributed by atoms with Crippen molar-refractivity contribution in [2.24, 2.45) is 16.6 Å². The number of benzene rings is 1. The molecule has 30 heavy (non-hydrogen) atoms. The Morgan fingerprint density at radius 1 is 1.40 bits per heavy atom. The number of likely N-dealkylation sites (tertiary alicyclic amines) is 1. The van der Waals surface area contributed by atoms with Crippen LogP contribution in [0.1, 0.15) is 19.3 Å². The van der Waals surface area contributed by atoms with Crippen molar-refractivity contribution in [3.63, 3.8) is 0 Å². The van der Waals surface area contributed by atoms with Gasteiger partial charge in [0, 0.05) is 51.8 Å². The SMILES string of the molecule is CN=C(NCCNS(=O)(=O)c1cccc([N+](=O)[O-])c1)N1CCCC(CC(N)=O)C1.I. The first kappa shape index (κ1) is 26.0. The summed E-state index contributed by atoms with van der Waals surface area (Å²) in [5, 5.41) is 13.9. The van der Waals surface area contributed by atoms with E-state index in [1.165, 1.54) is 18.2 Å². The van der Waals surface area contributed by atoms with Gasteiger partial charge in [-0.2, -0.15) is 0 Å². The van der Waals surface area contributed by atoms with Crippen LogP contribution in [0.4, 0.5) is 5.69 Å². The van der Waals surface area contributed by atoms with E-state index in [2.05, 4.69) is 15.0 Å². The van der Waals surface area contributed by atoms with Gasteiger partial charge in [0.2, 0.25) is 15.9 Å². The fourth-order valence-corrected chi connectivity index (χ4v) is 4.32.